The topological polar surface area (TPSA) is 83.7 Å². The largest absolute Gasteiger partial charge is 0.339 e. The maximum absolute atomic E-state index is 12.8. The van der Waals surface area contributed by atoms with Gasteiger partial charge in [0.25, 0.3) is 0 Å². The zero-order valence-corrected chi connectivity index (χ0v) is 17.2. The van der Waals surface area contributed by atoms with Crippen molar-refractivity contribution in [2.45, 2.75) is 37.1 Å². The third-order valence-electron chi connectivity index (χ3n) is 4.60. The first kappa shape index (κ1) is 21.2. The van der Waals surface area contributed by atoms with Gasteiger partial charge in [-0.1, -0.05) is 25.5 Å². The van der Waals surface area contributed by atoms with E-state index in [2.05, 4.69) is 6.92 Å². The molecule has 0 bridgehead atoms. The lowest BCUT2D eigenvalue weighted by atomic mass is 10.1. The molecule has 1 aromatic carbocycles. The molecule has 1 fully saturated rings. The Balaban J connectivity index is 1.96. The second-order valence-corrected chi connectivity index (χ2v) is 9.43. The summed E-state index contributed by atoms with van der Waals surface area (Å²) < 4.78 is 27.1. The van der Waals surface area contributed by atoms with E-state index in [1.54, 1.807) is 28.8 Å². The Hall–Kier alpha value is -1.09. The van der Waals surface area contributed by atoms with Crippen LogP contribution in [-0.2, 0) is 21.2 Å². The van der Waals surface area contributed by atoms with Gasteiger partial charge in [-0.05, 0) is 42.5 Å². The van der Waals surface area contributed by atoms with Crippen LogP contribution >= 0.6 is 11.8 Å². The Kier molecular flexibility index (Phi) is 7.94. The van der Waals surface area contributed by atoms with E-state index in [4.69, 9.17) is 5.73 Å². The molecule has 1 amide bonds. The smallest absolute Gasteiger partial charge is 0.243 e. The number of rotatable bonds is 8. The summed E-state index contributed by atoms with van der Waals surface area (Å²) in [6.07, 6.45) is 4.59. The molecule has 1 aromatic rings. The Morgan fingerprint density at radius 2 is 1.81 bits per heavy atom. The Labute approximate surface area is 161 Å². The van der Waals surface area contributed by atoms with Gasteiger partial charge in [-0.15, -0.1) is 0 Å². The summed E-state index contributed by atoms with van der Waals surface area (Å²) >= 11 is 1.66. The molecule has 0 aromatic heterocycles. The summed E-state index contributed by atoms with van der Waals surface area (Å²) in [7, 11) is -3.52. The van der Waals surface area contributed by atoms with Crippen molar-refractivity contribution in [2.24, 2.45) is 5.73 Å². The number of amides is 1. The molecule has 2 rings (SSSR count). The average molecular weight is 400 g/mol. The van der Waals surface area contributed by atoms with Crippen LogP contribution in [0.5, 0.6) is 0 Å². The van der Waals surface area contributed by atoms with Crippen molar-refractivity contribution >= 4 is 27.7 Å². The van der Waals surface area contributed by atoms with Gasteiger partial charge >= 0.3 is 0 Å². The summed E-state index contributed by atoms with van der Waals surface area (Å²) in [6.45, 7) is 3.48. The quantitative estimate of drug-likeness (QED) is 0.717. The van der Waals surface area contributed by atoms with Crippen molar-refractivity contribution in [1.82, 2.24) is 9.21 Å². The summed E-state index contributed by atoms with van der Waals surface area (Å²) in [6, 6.07) is 6.60. The number of aryl methyl sites for hydroxylation is 1. The highest BCUT2D eigenvalue weighted by Gasteiger charge is 2.31. The number of hydrogen-bond acceptors (Lipinski definition) is 5. The lowest BCUT2D eigenvalue weighted by Crippen LogP contribution is -2.54. The van der Waals surface area contributed by atoms with Gasteiger partial charge in [0.05, 0.1) is 10.9 Å². The Morgan fingerprint density at radius 1 is 1.19 bits per heavy atom. The average Bonchev–Trinajstić information content (AvgIpc) is 2.66. The Morgan fingerprint density at radius 3 is 2.35 bits per heavy atom. The van der Waals surface area contributed by atoms with Gasteiger partial charge in [0.2, 0.25) is 15.9 Å². The van der Waals surface area contributed by atoms with E-state index in [-0.39, 0.29) is 5.91 Å². The number of carbonyl (C=O) groups excluding carboxylic acids is 1. The molecular formula is C18H29N3O3S2. The van der Waals surface area contributed by atoms with Gasteiger partial charge in [-0.2, -0.15) is 16.1 Å². The molecule has 0 unspecified atom stereocenters. The van der Waals surface area contributed by atoms with E-state index in [1.165, 1.54) is 4.31 Å². The number of nitrogens with two attached hydrogens (primary N) is 1. The van der Waals surface area contributed by atoms with Gasteiger partial charge in [0.15, 0.2) is 0 Å². The van der Waals surface area contributed by atoms with E-state index in [0.717, 1.165) is 24.2 Å². The molecule has 0 aliphatic carbocycles. The number of sulfonamides is 1. The van der Waals surface area contributed by atoms with Gasteiger partial charge in [-0.25, -0.2) is 8.42 Å². The fraction of sp³-hybridized carbons (Fsp3) is 0.611. The minimum atomic E-state index is -3.52. The van der Waals surface area contributed by atoms with Crippen LogP contribution in [0.4, 0.5) is 0 Å². The highest BCUT2D eigenvalue weighted by Crippen LogP contribution is 2.19. The number of carbonyl (C=O) groups is 1. The third-order valence-corrected chi connectivity index (χ3v) is 7.16. The van der Waals surface area contributed by atoms with Crippen LogP contribution in [0, 0.1) is 0 Å². The zero-order chi connectivity index (χ0) is 19.2. The molecular weight excluding hydrogens is 370 g/mol. The molecule has 1 saturated heterocycles. The molecule has 1 aliphatic rings. The maximum atomic E-state index is 12.8. The van der Waals surface area contributed by atoms with E-state index >= 15 is 0 Å². The molecule has 0 spiro atoms. The van der Waals surface area contributed by atoms with Crippen LogP contribution in [0.1, 0.15) is 25.3 Å². The predicted molar refractivity (Wildman–Crippen MR) is 107 cm³/mol. The van der Waals surface area contributed by atoms with Crippen molar-refractivity contribution in [3.05, 3.63) is 29.8 Å². The maximum Gasteiger partial charge on any atom is 0.243 e. The van der Waals surface area contributed by atoms with Crippen LogP contribution in [0.3, 0.4) is 0 Å². The fourth-order valence-corrected chi connectivity index (χ4v) is 4.93. The summed E-state index contributed by atoms with van der Waals surface area (Å²) in [4.78, 5) is 14.3. The van der Waals surface area contributed by atoms with Crippen molar-refractivity contribution in [1.29, 1.82) is 0 Å². The zero-order valence-electron chi connectivity index (χ0n) is 15.6. The lowest BCUT2D eigenvalue weighted by Gasteiger charge is -2.35. The lowest BCUT2D eigenvalue weighted by molar-refractivity contribution is -0.133. The SMILES string of the molecule is CCCc1ccc(S(=O)(=O)N2CCN(C(=O)[C@@H](N)CCSC)CC2)cc1. The minimum Gasteiger partial charge on any atom is -0.339 e. The molecule has 8 heteroatoms. The molecule has 0 radical (unpaired) electrons. The first-order valence-electron chi connectivity index (χ1n) is 9.02. The van der Waals surface area contributed by atoms with Crippen LogP contribution < -0.4 is 5.73 Å². The molecule has 1 aliphatic heterocycles. The van der Waals surface area contributed by atoms with E-state index in [0.29, 0.717) is 37.5 Å². The van der Waals surface area contributed by atoms with E-state index in [9.17, 15) is 13.2 Å². The van der Waals surface area contributed by atoms with Crippen molar-refractivity contribution in [2.75, 3.05) is 38.2 Å². The van der Waals surface area contributed by atoms with Crippen LogP contribution in [0.25, 0.3) is 0 Å². The normalized spacial score (nSPS) is 17.3. The predicted octanol–water partition coefficient (Wildman–Crippen LogP) is 1.55. The number of nitrogens with zero attached hydrogens (tertiary/aromatic N) is 2. The monoisotopic (exact) mass is 399 g/mol. The number of thioether (sulfide) groups is 1. The highest BCUT2D eigenvalue weighted by molar-refractivity contribution is 7.98. The number of hydrogen-bond donors (Lipinski definition) is 1. The Bertz CT molecular complexity index is 684. The molecule has 6 nitrogen and oxygen atoms in total. The third kappa shape index (κ3) is 5.22. The fourth-order valence-electron chi connectivity index (χ4n) is 3.02. The molecule has 26 heavy (non-hydrogen) atoms. The van der Waals surface area contributed by atoms with E-state index in [1.807, 2.05) is 18.4 Å². The van der Waals surface area contributed by atoms with Gasteiger partial charge in [0, 0.05) is 26.2 Å². The first-order chi connectivity index (χ1) is 12.4. The number of benzene rings is 1. The minimum absolute atomic E-state index is 0.0833. The summed E-state index contributed by atoms with van der Waals surface area (Å²) in [5.74, 6) is 0.759. The van der Waals surface area contributed by atoms with Gasteiger partial charge in [-0.3, -0.25) is 4.79 Å². The van der Waals surface area contributed by atoms with Crippen LogP contribution in [-0.4, -0.2) is 67.8 Å². The number of piperazine rings is 1. The molecule has 0 saturated carbocycles. The van der Waals surface area contributed by atoms with E-state index < -0.39 is 16.1 Å². The second-order valence-electron chi connectivity index (χ2n) is 6.51. The first-order valence-corrected chi connectivity index (χ1v) is 11.9. The van der Waals surface area contributed by atoms with Gasteiger partial charge < -0.3 is 10.6 Å². The van der Waals surface area contributed by atoms with Crippen LogP contribution in [0.15, 0.2) is 29.2 Å². The molecule has 1 atom stereocenters. The molecule has 1 heterocycles. The second kappa shape index (κ2) is 9.73. The van der Waals surface area contributed by atoms with Crippen molar-refractivity contribution in [3.8, 4) is 0 Å². The summed E-state index contributed by atoms with van der Waals surface area (Å²) in [5, 5.41) is 0. The van der Waals surface area contributed by atoms with Gasteiger partial charge in [0.1, 0.15) is 0 Å². The molecule has 2 N–H and O–H groups in total. The standard InChI is InChI=1S/C18H29N3O3S2/c1-3-4-15-5-7-16(8-6-15)26(23,24)21-12-10-20(11-13-21)18(22)17(19)9-14-25-2/h5-8,17H,3-4,9-14,19H2,1-2H3/t17-/m0/s1. The highest BCUT2D eigenvalue weighted by atomic mass is 32.2. The summed E-state index contributed by atoms with van der Waals surface area (Å²) in [5.41, 5.74) is 7.09. The van der Waals surface area contributed by atoms with Crippen molar-refractivity contribution < 1.29 is 13.2 Å². The molecule has 146 valence electrons. The van der Waals surface area contributed by atoms with Crippen molar-refractivity contribution in [3.63, 3.8) is 0 Å². The van der Waals surface area contributed by atoms with Crippen LogP contribution in [0.2, 0.25) is 0 Å².